The average molecular weight is 379 g/mol. The summed E-state index contributed by atoms with van der Waals surface area (Å²) in [7, 11) is 0. The molecule has 3 rings (SSSR count). The smallest absolute Gasteiger partial charge is 0.233 e. The molecule has 0 spiro atoms. The molecule has 1 saturated heterocycles. The molecule has 1 aliphatic rings. The van der Waals surface area contributed by atoms with Gasteiger partial charge in [0.2, 0.25) is 11.0 Å². The van der Waals surface area contributed by atoms with Crippen LogP contribution in [0, 0.1) is 0 Å². The predicted octanol–water partition coefficient (Wildman–Crippen LogP) is 2.88. The lowest BCUT2D eigenvalue weighted by Crippen LogP contribution is -2.46. The second kappa shape index (κ2) is 9.17. The number of carbonyl (C=O) groups excluding carboxylic acids is 1. The summed E-state index contributed by atoms with van der Waals surface area (Å²) < 4.78 is 6.42. The molecule has 134 valence electrons. The highest BCUT2D eigenvalue weighted by Crippen LogP contribution is 2.26. The van der Waals surface area contributed by atoms with Crippen molar-refractivity contribution in [1.29, 1.82) is 0 Å². The van der Waals surface area contributed by atoms with Crippen molar-refractivity contribution in [3.8, 4) is 0 Å². The fraction of sp³-hybridized carbons (Fsp3) is 0.471. The largest absolute Gasteiger partial charge is 0.375 e. The molecule has 0 unspecified atom stereocenters. The molecular formula is C17H22N4O2S2. The molecule has 1 fully saturated rings. The van der Waals surface area contributed by atoms with Gasteiger partial charge in [0, 0.05) is 19.6 Å². The maximum Gasteiger partial charge on any atom is 0.233 e. The number of carbonyl (C=O) groups is 1. The lowest BCUT2D eigenvalue weighted by atomic mass is 10.2. The Labute approximate surface area is 156 Å². The van der Waals surface area contributed by atoms with Gasteiger partial charge in [0.05, 0.1) is 18.5 Å². The second-order valence-electron chi connectivity index (χ2n) is 5.74. The Morgan fingerprint density at radius 2 is 2.24 bits per heavy atom. The minimum atomic E-state index is 0.140. The highest BCUT2D eigenvalue weighted by atomic mass is 32.2. The topological polar surface area (TPSA) is 67.4 Å². The van der Waals surface area contributed by atoms with Crippen LogP contribution >= 0.6 is 23.1 Å². The summed E-state index contributed by atoms with van der Waals surface area (Å²) in [5.41, 5.74) is 1.19. The van der Waals surface area contributed by atoms with Crippen molar-refractivity contribution in [2.75, 3.05) is 30.8 Å². The molecular weight excluding hydrogens is 356 g/mol. The van der Waals surface area contributed by atoms with Crippen molar-refractivity contribution in [3.05, 3.63) is 35.9 Å². The van der Waals surface area contributed by atoms with Crippen LogP contribution in [0.2, 0.25) is 0 Å². The first-order valence-electron chi connectivity index (χ1n) is 8.38. The van der Waals surface area contributed by atoms with E-state index in [0.717, 1.165) is 15.9 Å². The van der Waals surface area contributed by atoms with Crippen molar-refractivity contribution in [3.63, 3.8) is 0 Å². The van der Waals surface area contributed by atoms with Crippen molar-refractivity contribution in [2.45, 2.75) is 30.3 Å². The number of ether oxygens (including phenoxy) is 1. The number of rotatable bonds is 7. The lowest BCUT2D eigenvalue weighted by Gasteiger charge is -2.32. The maximum atomic E-state index is 12.3. The fourth-order valence-corrected chi connectivity index (χ4v) is 4.17. The van der Waals surface area contributed by atoms with Gasteiger partial charge in [-0.15, -0.1) is 10.2 Å². The summed E-state index contributed by atoms with van der Waals surface area (Å²) in [6.45, 7) is 4.79. The number of nitrogens with one attached hydrogen (secondary N) is 1. The summed E-state index contributed by atoms with van der Waals surface area (Å²) in [5.74, 6) is 0.532. The van der Waals surface area contributed by atoms with E-state index in [1.54, 1.807) is 0 Å². The molecule has 0 bridgehead atoms. The molecule has 1 atom stereocenters. The molecule has 1 aromatic heterocycles. The Bertz CT molecular complexity index is 680. The number of anilines is 1. The van der Waals surface area contributed by atoms with E-state index in [1.165, 1.54) is 28.7 Å². The molecule has 8 heteroatoms. The number of amides is 1. The molecule has 1 N–H and O–H groups in total. The molecule has 0 radical (unpaired) electrons. The van der Waals surface area contributed by atoms with Crippen LogP contribution in [-0.2, 0) is 16.1 Å². The first kappa shape index (κ1) is 18.2. The SMILES string of the molecule is CC[C@@H]1CN(C(=O)CSc2nnc(NCc3ccccc3)s2)CCO1. The third kappa shape index (κ3) is 5.42. The van der Waals surface area contributed by atoms with Gasteiger partial charge < -0.3 is 15.0 Å². The predicted molar refractivity (Wildman–Crippen MR) is 101 cm³/mol. The monoisotopic (exact) mass is 378 g/mol. The molecule has 25 heavy (non-hydrogen) atoms. The average Bonchev–Trinajstić information content (AvgIpc) is 3.13. The number of hydrogen-bond acceptors (Lipinski definition) is 7. The van der Waals surface area contributed by atoms with E-state index in [9.17, 15) is 4.79 Å². The van der Waals surface area contributed by atoms with E-state index in [-0.39, 0.29) is 12.0 Å². The number of benzene rings is 1. The van der Waals surface area contributed by atoms with E-state index < -0.39 is 0 Å². The van der Waals surface area contributed by atoms with Crippen LogP contribution in [0.5, 0.6) is 0 Å². The number of hydrogen-bond donors (Lipinski definition) is 1. The van der Waals surface area contributed by atoms with Gasteiger partial charge in [-0.25, -0.2) is 0 Å². The molecule has 6 nitrogen and oxygen atoms in total. The van der Waals surface area contributed by atoms with Crippen LogP contribution in [0.15, 0.2) is 34.7 Å². The van der Waals surface area contributed by atoms with Gasteiger partial charge >= 0.3 is 0 Å². The van der Waals surface area contributed by atoms with Crippen LogP contribution < -0.4 is 5.32 Å². The van der Waals surface area contributed by atoms with Crippen molar-refractivity contribution < 1.29 is 9.53 Å². The van der Waals surface area contributed by atoms with Crippen LogP contribution in [0.4, 0.5) is 5.13 Å². The molecule has 2 aromatic rings. The molecule has 0 saturated carbocycles. The zero-order valence-electron chi connectivity index (χ0n) is 14.2. The minimum Gasteiger partial charge on any atom is -0.375 e. The summed E-state index contributed by atoms with van der Waals surface area (Å²) in [4.78, 5) is 14.2. The van der Waals surface area contributed by atoms with Gasteiger partial charge in [-0.2, -0.15) is 0 Å². The Hall–Kier alpha value is -1.64. The Balaban J connectivity index is 1.44. The number of nitrogens with zero attached hydrogens (tertiary/aromatic N) is 3. The lowest BCUT2D eigenvalue weighted by molar-refractivity contribution is -0.135. The fourth-order valence-electron chi connectivity index (χ4n) is 2.52. The molecule has 1 aliphatic heterocycles. The van der Waals surface area contributed by atoms with Gasteiger partial charge in [0.1, 0.15) is 0 Å². The van der Waals surface area contributed by atoms with Crippen LogP contribution in [0.25, 0.3) is 0 Å². The summed E-state index contributed by atoms with van der Waals surface area (Å²) in [6.07, 6.45) is 1.10. The summed E-state index contributed by atoms with van der Waals surface area (Å²) >= 11 is 2.93. The zero-order valence-corrected chi connectivity index (χ0v) is 15.8. The number of thioether (sulfide) groups is 1. The van der Waals surface area contributed by atoms with Crippen LogP contribution in [0.1, 0.15) is 18.9 Å². The zero-order chi connectivity index (χ0) is 17.5. The summed E-state index contributed by atoms with van der Waals surface area (Å²) in [5, 5.41) is 12.3. The minimum absolute atomic E-state index is 0.140. The highest BCUT2D eigenvalue weighted by molar-refractivity contribution is 8.01. The van der Waals surface area contributed by atoms with Gasteiger partial charge in [0.15, 0.2) is 4.34 Å². The quantitative estimate of drug-likeness (QED) is 0.747. The first-order valence-corrected chi connectivity index (χ1v) is 10.2. The Kier molecular flexibility index (Phi) is 6.66. The van der Waals surface area contributed by atoms with Gasteiger partial charge in [0.25, 0.3) is 0 Å². The van der Waals surface area contributed by atoms with Crippen molar-refractivity contribution in [2.24, 2.45) is 0 Å². The van der Waals surface area contributed by atoms with E-state index in [1.807, 2.05) is 23.1 Å². The standard InChI is InChI=1S/C17H22N4O2S2/c1-2-14-11-21(8-9-23-14)15(22)12-24-17-20-19-16(25-17)18-10-13-6-4-3-5-7-13/h3-7,14H,2,8-12H2,1H3,(H,18,19)/t14-/m1/s1. The second-order valence-corrected chi connectivity index (χ2v) is 7.94. The third-order valence-electron chi connectivity index (χ3n) is 3.96. The van der Waals surface area contributed by atoms with Gasteiger partial charge in [-0.3, -0.25) is 4.79 Å². The number of aromatic nitrogens is 2. The van der Waals surface area contributed by atoms with E-state index in [2.05, 4.69) is 34.6 Å². The summed E-state index contributed by atoms with van der Waals surface area (Å²) in [6, 6.07) is 10.2. The van der Waals surface area contributed by atoms with Crippen molar-refractivity contribution in [1.82, 2.24) is 15.1 Å². The Morgan fingerprint density at radius 1 is 1.40 bits per heavy atom. The van der Waals surface area contributed by atoms with E-state index >= 15 is 0 Å². The maximum absolute atomic E-state index is 12.3. The third-order valence-corrected chi connectivity index (χ3v) is 5.96. The van der Waals surface area contributed by atoms with Crippen molar-refractivity contribution >= 4 is 34.1 Å². The van der Waals surface area contributed by atoms with Crippen LogP contribution in [-0.4, -0.2) is 52.6 Å². The van der Waals surface area contributed by atoms with Crippen LogP contribution in [0.3, 0.4) is 0 Å². The molecule has 1 aromatic carbocycles. The Morgan fingerprint density at radius 3 is 3.04 bits per heavy atom. The van der Waals surface area contributed by atoms with E-state index in [0.29, 0.717) is 32.0 Å². The number of morpholine rings is 1. The molecule has 2 heterocycles. The highest BCUT2D eigenvalue weighted by Gasteiger charge is 2.23. The molecule has 0 aliphatic carbocycles. The van der Waals surface area contributed by atoms with Gasteiger partial charge in [-0.1, -0.05) is 60.4 Å². The normalized spacial score (nSPS) is 17.5. The first-order chi connectivity index (χ1) is 12.2. The van der Waals surface area contributed by atoms with Gasteiger partial charge in [-0.05, 0) is 12.0 Å². The molecule has 1 amide bonds. The van der Waals surface area contributed by atoms with E-state index in [4.69, 9.17) is 4.74 Å².